The number of halogens is 1. The number of anilines is 1. The van der Waals surface area contributed by atoms with Crippen LogP contribution in [0.15, 0.2) is 12.1 Å². The number of ketones is 1. The van der Waals surface area contributed by atoms with E-state index in [0.717, 1.165) is 44.1 Å². The molecule has 0 unspecified atom stereocenters. The van der Waals surface area contributed by atoms with Crippen molar-refractivity contribution in [1.82, 2.24) is 0 Å². The van der Waals surface area contributed by atoms with Crippen molar-refractivity contribution in [2.45, 2.75) is 51.4 Å². The summed E-state index contributed by atoms with van der Waals surface area (Å²) in [6, 6.07) is 3.74. The molecule has 2 saturated carbocycles. The van der Waals surface area contributed by atoms with Crippen LogP contribution in [0.5, 0.6) is 5.75 Å². The normalized spacial score (nSPS) is 30.4. The molecule has 154 valence electrons. The second kappa shape index (κ2) is 8.54. The molecule has 2 N–H and O–H groups in total. The number of carbonyl (C=O) groups excluding carboxylic acids is 2. The number of benzene rings is 1. The highest BCUT2D eigenvalue weighted by Gasteiger charge is 2.54. The van der Waals surface area contributed by atoms with E-state index in [1.54, 1.807) is 20.3 Å². The first-order chi connectivity index (χ1) is 13.4. The van der Waals surface area contributed by atoms with E-state index in [2.05, 4.69) is 32.9 Å². The lowest BCUT2D eigenvalue weighted by molar-refractivity contribution is -0.129. The quantitative estimate of drug-likeness (QED) is 0.515. The van der Waals surface area contributed by atoms with Crippen LogP contribution in [0.25, 0.3) is 0 Å². The number of alkyl halides is 1. The Kier molecular flexibility index (Phi) is 6.50. The molecule has 0 bridgehead atoms. The van der Waals surface area contributed by atoms with E-state index in [1.165, 1.54) is 5.56 Å². The van der Waals surface area contributed by atoms with E-state index in [4.69, 9.17) is 0 Å². The Morgan fingerprint density at radius 2 is 2.00 bits per heavy atom. The second-order valence-corrected chi connectivity index (χ2v) is 9.01. The Bertz CT molecular complexity index is 765. The van der Waals surface area contributed by atoms with E-state index < -0.39 is 0 Å². The highest BCUT2D eigenvalue weighted by molar-refractivity contribution is 9.09. The minimum absolute atomic E-state index is 0.122. The van der Waals surface area contributed by atoms with Gasteiger partial charge in [-0.05, 0) is 67.1 Å². The van der Waals surface area contributed by atoms with E-state index in [9.17, 15) is 14.7 Å². The van der Waals surface area contributed by atoms with Crippen molar-refractivity contribution in [2.24, 2.45) is 17.3 Å². The summed E-state index contributed by atoms with van der Waals surface area (Å²) in [7, 11) is 3.25. The van der Waals surface area contributed by atoms with Crippen molar-refractivity contribution in [1.29, 1.82) is 0 Å². The number of phenolic OH excluding ortho intramolecular Hbond substituents is 1. The van der Waals surface area contributed by atoms with Gasteiger partial charge in [0.25, 0.3) is 0 Å². The molecule has 1 aromatic rings. The molecular formula is C22H30BrNO4. The molecule has 3 aliphatic rings. The first-order valence-electron chi connectivity index (χ1n) is 10.0. The van der Waals surface area contributed by atoms with Crippen LogP contribution in [0.4, 0.5) is 5.69 Å². The Balaban J connectivity index is 0.000000706. The molecule has 5 nitrogen and oxygen atoms in total. The van der Waals surface area contributed by atoms with Crippen molar-refractivity contribution in [3.8, 4) is 5.75 Å². The fourth-order valence-corrected chi connectivity index (χ4v) is 5.88. The summed E-state index contributed by atoms with van der Waals surface area (Å²) in [5.74, 6) is 1.92. The van der Waals surface area contributed by atoms with E-state index >= 15 is 0 Å². The number of methoxy groups -OCH3 is 1. The molecule has 28 heavy (non-hydrogen) atoms. The monoisotopic (exact) mass is 451 g/mol. The zero-order valence-corrected chi connectivity index (χ0v) is 18.5. The van der Waals surface area contributed by atoms with Crippen LogP contribution in [0.2, 0.25) is 0 Å². The number of hydrogen-bond donors (Lipinski definition) is 2. The van der Waals surface area contributed by atoms with Crippen LogP contribution in [-0.2, 0) is 20.7 Å². The van der Waals surface area contributed by atoms with Gasteiger partial charge in [0.05, 0.1) is 11.0 Å². The van der Waals surface area contributed by atoms with Crippen LogP contribution >= 0.6 is 15.9 Å². The molecule has 0 spiro atoms. The van der Waals surface area contributed by atoms with Crippen LogP contribution in [0.3, 0.4) is 0 Å². The van der Waals surface area contributed by atoms with Gasteiger partial charge in [-0.25, -0.2) is 0 Å². The molecule has 2 fully saturated rings. The fourth-order valence-electron chi connectivity index (χ4n) is 5.74. The summed E-state index contributed by atoms with van der Waals surface area (Å²) in [6.45, 7) is 2.18. The summed E-state index contributed by atoms with van der Waals surface area (Å²) < 4.78 is 4.25. The highest BCUT2D eigenvalue weighted by atomic mass is 79.9. The van der Waals surface area contributed by atoms with Crippen LogP contribution < -0.4 is 5.32 Å². The third-order valence-corrected chi connectivity index (χ3v) is 7.50. The van der Waals surface area contributed by atoms with E-state index in [-0.39, 0.29) is 22.4 Å². The summed E-state index contributed by atoms with van der Waals surface area (Å²) in [6.07, 6.45) is 5.62. The number of aromatic hydroxyl groups is 1. The third kappa shape index (κ3) is 3.61. The average Bonchev–Trinajstić information content (AvgIpc) is 2.99. The molecule has 0 heterocycles. The lowest BCUT2D eigenvalue weighted by Gasteiger charge is -2.48. The van der Waals surface area contributed by atoms with Gasteiger partial charge in [-0.3, -0.25) is 9.59 Å². The highest BCUT2D eigenvalue weighted by Crippen LogP contribution is 2.60. The molecular weight excluding hydrogens is 422 g/mol. The summed E-state index contributed by atoms with van der Waals surface area (Å²) in [5, 5.41) is 13.3. The first kappa shape index (κ1) is 21.3. The lowest BCUT2D eigenvalue weighted by Crippen LogP contribution is -2.42. The molecule has 4 atom stereocenters. The van der Waals surface area contributed by atoms with Crippen LogP contribution in [0.1, 0.15) is 56.1 Å². The molecule has 3 aliphatic carbocycles. The Morgan fingerprint density at radius 1 is 1.29 bits per heavy atom. The summed E-state index contributed by atoms with van der Waals surface area (Å²) >= 11 is 3.16. The van der Waals surface area contributed by atoms with Gasteiger partial charge in [-0.1, -0.05) is 28.9 Å². The molecule has 0 aromatic heterocycles. The maximum atomic E-state index is 12.4. The number of Topliss-reactive ketones (excluding diaryl/α,β-unsaturated/α-hetero) is 1. The first-order valence-corrected chi connectivity index (χ1v) is 11.1. The van der Waals surface area contributed by atoms with Crippen molar-refractivity contribution >= 4 is 33.3 Å². The third-order valence-electron chi connectivity index (χ3n) is 6.99. The molecule has 1 amide bonds. The maximum absolute atomic E-state index is 12.4. The van der Waals surface area contributed by atoms with Crippen molar-refractivity contribution in [3.05, 3.63) is 23.3 Å². The minimum Gasteiger partial charge on any atom is -0.506 e. The van der Waals surface area contributed by atoms with E-state index in [0.29, 0.717) is 29.2 Å². The number of phenols is 1. The standard InChI is InChI=1S/C20H24BrNO3.C2H6O/c1-20-9-8-12-11-4-6-16(23)19(22-18(25)10-21)14(11)3-2-13(12)15(20)5-7-17(20)24;1-3-2/h4,6,12-13,15,23H,2-3,5,7-10H2,1H3,(H,22,25);1-2H3/t12-,13-,15+,20+;/m1./s1. The molecule has 0 radical (unpaired) electrons. The molecule has 6 heteroatoms. The van der Waals surface area contributed by atoms with Crippen LogP contribution in [0, 0.1) is 17.3 Å². The van der Waals surface area contributed by atoms with Crippen molar-refractivity contribution < 1.29 is 19.4 Å². The Morgan fingerprint density at radius 3 is 2.68 bits per heavy atom. The molecule has 0 aliphatic heterocycles. The molecule has 0 saturated heterocycles. The van der Waals surface area contributed by atoms with E-state index in [1.807, 2.05) is 6.07 Å². The van der Waals surface area contributed by atoms with Gasteiger partial charge in [-0.15, -0.1) is 0 Å². The summed E-state index contributed by atoms with van der Waals surface area (Å²) in [4.78, 5) is 24.2. The van der Waals surface area contributed by atoms with Crippen molar-refractivity contribution in [2.75, 3.05) is 24.9 Å². The Hall–Kier alpha value is -1.40. The number of carbonyl (C=O) groups is 2. The predicted octanol–water partition coefficient (Wildman–Crippen LogP) is 4.41. The van der Waals surface area contributed by atoms with Gasteiger partial charge >= 0.3 is 0 Å². The zero-order chi connectivity index (χ0) is 20.5. The van der Waals surface area contributed by atoms with Gasteiger partial charge in [-0.2, -0.15) is 0 Å². The number of hydrogen-bond acceptors (Lipinski definition) is 4. The minimum atomic E-state index is -0.150. The van der Waals surface area contributed by atoms with Gasteiger partial charge in [0.1, 0.15) is 11.5 Å². The number of nitrogens with one attached hydrogen (secondary N) is 1. The Labute approximate surface area is 175 Å². The second-order valence-electron chi connectivity index (χ2n) is 8.45. The van der Waals surface area contributed by atoms with Gasteiger partial charge < -0.3 is 15.2 Å². The number of rotatable bonds is 2. The smallest absolute Gasteiger partial charge is 0.235 e. The lowest BCUT2D eigenvalue weighted by atomic mass is 9.55. The molecule has 1 aromatic carbocycles. The number of fused-ring (bicyclic) bond motifs is 5. The number of ether oxygens (including phenoxy) is 1. The SMILES string of the molecule is COC.C[C@]12CC[C@@H]3c4ccc(O)c(NC(=O)CBr)c4CC[C@H]3[C@@H]1CCC2=O. The maximum Gasteiger partial charge on any atom is 0.235 e. The fraction of sp³-hybridized carbons (Fsp3) is 0.636. The zero-order valence-electron chi connectivity index (χ0n) is 16.9. The van der Waals surface area contributed by atoms with Crippen LogP contribution in [-0.4, -0.2) is 36.3 Å². The van der Waals surface area contributed by atoms with Gasteiger partial charge in [0, 0.05) is 26.1 Å². The summed E-state index contributed by atoms with van der Waals surface area (Å²) in [5.41, 5.74) is 2.81. The number of amides is 1. The molecule has 4 rings (SSSR count). The predicted molar refractivity (Wildman–Crippen MR) is 113 cm³/mol. The van der Waals surface area contributed by atoms with Gasteiger partial charge in [0.15, 0.2) is 0 Å². The van der Waals surface area contributed by atoms with Gasteiger partial charge in [0.2, 0.25) is 5.91 Å². The largest absolute Gasteiger partial charge is 0.506 e. The van der Waals surface area contributed by atoms with Crippen molar-refractivity contribution in [3.63, 3.8) is 0 Å². The topological polar surface area (TPSA) is 75.6 Å². The average molecular weight is 452 g/mol.